The number of carbonyl (C=O) groups excluding carboxylic acids is 2. The number of nitrogens with zero attached hydrogens (tertiary/aromatic N) is 3. The summed E-state index contributed by atoms with van der Waals surface area (Å²) in [6.07, 6.45) is 0. The lowest BCUT2D eigenvalue weighted by atomic mass is 10.1. The summed E-state index contributed by atoms with van der Waals surface area (Å²) >= 11 is 0. The van der Waals surface area contributed by atoms with E-state index in [-0.39, 0.29) is 24.6 Å². The van der Waals surface area contributed by atoms with Gasteiger partial charge in [0, 0.05) is 39.3 Å². The zero-order valence-corrected chi connectivity index (χ0v) is 17.5. The number of rotatable bonds is 6. The Bertz CT molecular complexity index is 760. The van der Waals surface area contributed by atoms with E-state index in [1.807, 2.05) is 30.0 Å². The second-order valence-corrected chi connectivity index (χ2v) is 7.95. The average molecular weight is 418 g/mol. The molecule has 9 nitrogen and oxygen atoms in total. The molecule has 0 radical (unpaired) electrons. The first-order valence-corrected chi connectivity index (χ1v) is 10.6. The molecular formula is C21H30N4O5. The molecular weight excluding hydrogens is 388 g/mol. The Balaban J connectivity index is 1.19. The Morgan fingerprint density at radius 2 is 1.67 bits per heavy atom. The number of nitrogens with one attached hydrogen (secondary N) is 1. The van der Waals surface area contributed by atoms with Gasteiger partial charge in [-0.1, -0.05) is 6.07 Å². The molecule has 0 unspecified atom stereocenters. The van der Waals surface area contributed by atoms with E-state index >= 15 is 0 Å². The van der Waals surface area contributed by atoms with Crippen molar-refractivity contribution in [2.45, 2.75) is 13.0 Å². The van der Waals surface area contributed by atoms with Crippen LogP contribution in [-0.2, 0) is 14.3 Å². The molecule has 9 heteroatoms. The third-order valence-electron chi connectivity index (χ3n) is 5.83. The average Bonchev–Trinajstić information content (AvgIpc) is 3.22. The maximum absolute atomic E-state index is 12.5. The minimum absolute atomic E-state index is 0.0201. The lowest BCUT2D eigenvalue weighted by Crippen LogP contribution is -2.53. The van der Waals surface area contributed by atoms with Crippen LogP contribution in [0.2, 0.25) is 0 Å². The number of morpholine rings is 1. The van der Waals surface area contributed by atoms with Crippen molar-refractivity contribution in [2.24, 2.45) is 0 Å². The van der Waals surface area contributed by atoms with E-state index in [1.165, 1.54) is 0 Å². The molecule has 1 N–H and O–H groups in total. The Morgan fingerprint density at radius 3 is 2.43 bits per heavy atom. The van der Waals surface area contributed by atoms with Gasteiger partial charge in [0.1, 0.15) is 0 Å². The molecule has 3 aliphatic rings. The van der Waals surface area contributed by atoms with Crippen LogP contribution in [0.1, 0.15) is 18.5 Å². The highest BCUT2D eigenvalue weighted by Gasteiger charge is 2.25. The summed E-state index contributed by atoms with van der Waals surface area (Å²) in [6, 6.07) is 5.60. The van der Waals surface area contributed by atoms with Gasteiger partial charge in [-0.2, -0.15) is 0 Å². The van der Waals surface area contributed by atoms with Crippen LogP contribution in [0.25, 0.3) is 0 Å². The van der Waals surface area contributed by atoms with Gasteiger partial charge >= 0.3 is 0 Å². The zero-order valence-electron chi connectivity index (χ0n) is 17.5. The van der Waals surface area contributed by atoms with Crippen LogP contribution >= 0.6 is 0 Å². The topological polar surface area (TPSA) is 83.6 Å². The smallest absolute Gasteiger partial charge is 0.236 e. The van der Waals surface area contributed by atoms with Gasteiger partial charge in [-0.25, -0.2) is 0 Å². The van der Waals surface area contributed by atoms with Crippen molar-refractivity contribution in [2.75, 3.05) is 72.4 Å². The Kier molecular flexibility index (Phi) is 6.71. The van der Waals surface area contributed by atoms with Crippen LogP contribution in [0.4, 0.5) is 0 Å². The fourth-order valence-corrected chi connectivity index (χ4v) is 3.96. The number of piperazine rings is 1. The maximum atomic E-state index is 12.5. The molecule has 3 heterocycles. The monoisotopic (exact) mass is 418 g/mol. The largest absolute Gasteiger partial charge is 0.454 e. The first-order chi connectivity index (χ1) is 14.6. The molecule has 164 valence electrons. The molecule has 0 spiro atoms. The second-order valence-electron chi connectivity index (χ2n) is 7.95. The minimum Gasteiger partial charge on any atom is -0.454 e. The molecule has 1 atom stereocenters. The van der Waals surface area contributed by atoms with E-state index in [9.17, 15) is 9.59 Å². The molecule has 2 fully saturated rings. The van der Waals surface area contributed by atoms with E-state index in [2.05, 4.69) is 15.1 Å². The van der Waals surface area contributed by atoms with Gasteiger partial charge in [0.2, 0.25) is 18.6 Å². The fourth-order valence-electron chi connectivity index (χ4n) is 3.96. The van der Waals surface area contributed by atoms with E-state index in [0.29, 0.717) is 58.2 Å². The summed E-state index contributed by atoms with van der Waals surface area (Å²) in [5.74, 6) is 1.59. The van der Waals surface area contributed by atoms with Crippen LogP contribution in [0, 0.1) is 0 Å². The molecule has 2 saturated heterocycles. The van der Waals surface area contributed by atoms with E-state index in [0.717, 1.165) is 24.4 Å². The van der Waals surface area contributed by atoms with Crippen LogP contribution in [0.15, 0.2) is 18.2 Å². The van der Waals surface area contributed by atoms with Gasteiger partial charge in [-0.15, -0.1) is 0 Å². The minimum atomic E-state index is -0.122. The highest BCUT2D eigenvalue weighted by Crippen LogP contribution is 2.34. The number of amides is 2. The molecule has 0 aliphatic carbocycles. The molecule has 4 rings (SSSR count). The molecule has 2 amide bonds. The van der Waals surface area contributed by atoms with Crippen LogP contribution in [-0.4, -0.2) is 98.9 Å². The summed E-state index contributed by atoms with van der Waals surface area (Å²) < 4.78 is 16.1. The van der Waals surface area contributed by atoms with Crippen LogP contribution in [0.5, 0.6) is 11.5 Å². The van der Waals surface area contributed by atoms with Crippen molar-refractivity contribution >= 4 is 11.8 Å². The molecule has 1 aromatic carbocycles. The third kappa shape index (κ3) is 5.21. The lowest BCUT2D eigenvalue weighted by molar-refractivity contribution is -0.135. The van der Waals surface area contributed by atoms with Gasteiger partial charge in [-0.3, -0.25) is 19.4 Å². The number of hydrogen-bond donors (Lipinski definition) is 1. The summed E-state index contributed by atoms with van der Waals surface area (Å²) in [6.45, 7) is 8.74. The molecule has 3 aliphatic heterocycles. The summed E-state index contributed by atoms with van der Waals surface area (Å²) in [7, 11) is 0. The van der Waals surface area contributed by atoms with Crippen molar-refractivity contribution in [1.29, 1.82) is 0 Å². The molecule has 0 saturated carbocycles. The Hall–Kier alpha value is -2.36. The summed E-state index contributed by atoms with van der Waals surface area (Å²) in [5, 5.41) is 3.05. The second kappa shape index (κ2) is 9.63. The lowest BCUT2D eigenvalue weighted by Gasteiger charge is -2.36. The number of ether oxygens (including phenoxy) is 3. The molecule has 30 heavy (non-hydrogen) atoms. The SMILES string of the molecule is C[C@H](NC(=O)CN1CCN(C(=O)CN2CCOCC2)CC1)c1ccc2c(c1)OCO2. The van der Waals surface area contributed by atoms with Crippen molar-refractivity contribution in [3.8, 4) is 11.5 Å². The van der Waals surface area contributed by atoms with E-state index < -0.39 is 0 Å². The van der Waals surface area contributed by atoms with Crippen LogP contribution in [0.3, 0.4) is 0 Å². The van der Waals surface area contributed by atoms with E-state index in [1.54, 1.807) is 0 Å². The molecule has 0 aromatic heterocycles. The van der Waals surface area contributed by atoms with Crippen LogP contribution < -0.4 is 14.8 Å². The van der Waals surface area contributed by atoms with Gasteiger partial charge in [-0.05, 0) is 24.6 Å². The zero-order chi connectivity index (χ0) is 20.9. The number of benzene rings is 1. The highest BCUT2D eigenvalue weighted by molar-refractivity contribution is 5.79. The number of carbonyl (C=O) groups is 2. The fraction of sp³-hybridized carbons (Fsp3) is 0.619. The predicted octanol–water partition coefficient (Wildman–Crippen LogP) is 0.0689. The first-order valence-electron chi connectivity index (χ1n) is 10.6. The number of fused-ring (bicyclic) bond motifs is 1. The summed E-state index contributed by atoms with van der Waals surface area (Å²) in [5.41, 5.74) is 0.978. The van der Waals surface area contributed by atoms with Gasteiger partial charge in [0.25, 0.3) is 0 Å². The van der Waals surface area contributed by atoms with Gasteiger partial charge < -0.3 is 24.4 Å². The van der Waals surface area contributed by atoms with Crippen molar-refractivity contribution in [3.05, 3.63) is 23.8 Å². The quantitative estimate of drug-likeness (QED) is 0.700. The van der Waals surface area contributed by atoms with Crippen molar-refractivity contribution in [1.82, 2.24) is 20.0 Å². The van der Waals surface area contributed by atoms with Gasteiger partial charge in [0.05, 0.1) is 32.3 Å². The van der Waals surface area contributed by atoms with Crippen molar-refractivity contribution in [3.63, 3.8) is 0 Å². The van der Waals surface area contributed by atoms with E-state index in [4.69, 9.17) is 14.2 Å². The molecule has 1 aromatic rings. The third-order valence-corrected chi connectivity index (χ3v) is 5.83. The van der Waals surface area contributed by atoms with Crippen molar-refractivity contribution < 1.29 is 23.8 Å². The van der Waals surface area contributed by atoms with Gasteiger partial charge in [0.15, 0.2) is 11.5 Å². The normalized spacial score (nSPS) is 20.8. The standard InChI is InChI=1S/C21H30N4O5/c1-16(17-2-3-18-19(12-17)30-15-29-18)22-20(26)13-23-4-6-25(7-5-23)21(27)14-24-8-10-28-11-9-24/h2-3,12,16H,4-11,13-15H2,1H3,(H,22,26)/t16-/m0/s1. The maximum Gasteiger partial charge on any atom is 0.236 e. The highest BCUT2D eigenvalue weighted by atomic mass is 16.7. The summed E-state index contributed by atoms with van der Waals surface area (Å²) in [4.78, 5) is 31.1. The predicted molar refractivity (Wildman–Crippen MR) is 109 cm³/mol. The Morgan fingerprint density at radius 1 is 0.967 bits per heavy atom. The first kappa shape index (κ1) is 20.9. The molecule has 0 bridgehead atoms. The number of hydrogen-bond acceptors (Lipinski definition) is 7. The Labute approximate surface area is 176 Å².